The van der Waals surface area contributed by atoms with E-state index in [1.54, 1.807) is 12.4 Å². The Hall–Kier alpha value is -0.680. The van der Waals surface area contributed by atoms with Crippen LogP contribution in [0.2, 0.25) is 0 Å². The van der Waals surface area contributed by atoms with Gasteiger partial charge >= 0.3 is 6.01 Å². The summed E-state index contributed by atoms with van der Waals surface area (Å²) in [6.45, 7) is 1.58. The van der Waals surface area contributed by atoms with Gasteiger partial charge < -0.3 is 9.64 Å². The normalized spacial score (nSPS) is 15.7. The Morgan fingerprint density at radius 3 is 2.73 bits per heavy atom. The molecule has 0 atom stereocenters. The fourth-order valence-electron chi connectivity index (χ4n) is 1.35. The van der Waals surface area contributed by atoms with Gasteiger partial charge in [-0.05, 0) is 35.8 Å². The third kappa shape index (κ3) is 3.43. The van der Waals surface area contributed by atoms with E-state index in [0.717, 1.165) is 17.1 Å². The Kier molecular flexibility index (Phi) is 3.53. The maximum Gasteiger partial charge on any atom is 0.316 e. The first-order valence-electron chi connectivity index (χ1n) is 5.06. The summed E-state index contributed by atoms with van der Waals surface area (Å²) in [7, 11) is 2.13. The summed E-state index contributed by atoms with van der Waals surface area (Å²) in [6.07, 6.45) is 6.02. The largest absolute Gasteiger partial charge is 0.462 e. The van der Waals surface area contributed by atoms with Crippen molar-refractivity contribution in [3.05, 3.63) is 16.9 Å². The van der Waals surface area contributed by atoms with E-state index in [2.05, 4.69) is 37.8 Å². The van der Waals surface area contributed by atoms with Crippen LogP contribution >= 0.6 is 15.9 Å². The zero-order chi connectivity index (χ0) is 10.7. The SMILES string of the molecule is CN(CCOc1ncc(Br)cn1)C1CC1. The first-order chi connectivity index (χ1) is 7.25. The summed E-state index contributed by atoms with van der Waals surface area (Å²) in [5.74, 6) is 0. The van der Waals surface area contributed by atoms with Crippen LogP contribution in [0.15, 0.2) is 16.9 Å². The molecule has 4 nitrogen and oxygen atoms in total. The van der Waals surface area contributed by atoms with Crippen molar-refractivity contribution in [2.24, 2.45) is 0 Å². The number of hydrogen-bond donors (Lipinski definition) is 0. The van der Waals surface area contributed by atoms with Gasteiger partial charge in [-0.3, -0.25) is 0 Å². The maximum atomic E-state index is 5.42. The lowest BCUT2D eigenvalue weighted by atomic mass is 10.5. The van der Waals surface area contributed by atoms with E-state index < -0.39 is 0 Å². The zero-order valence-corrected chi connectivity index (χ0v) is 10.3. The molecule has 0 unspecified atom stereocenters. The van der Waals surface area contributed by atoms with Crippen LogP contribution in [0.25, 0.3) is 0 Å². The van der Waals surface area contributed by atoms with E-state index >= 15 is 0 Å². The molecular formula is C10H14BrN3O. The van der Waals surface area contributed by atoms with Crippen molar-refractivity contribution < 1.29 is 4.74 Å². The molecule has 5 heteroatoms. The smallest absolute Gasteiger partial charge is 0.316 e. The van der Waals surface area contributed by atoms with E-state index in [9.17, 15) is 0 Å². The van der Waals surface area contributed by atoms with E-state index in [-0.39, 0.29) is 0 Å². The van der Waals surface area contributed by atoms with Crippen molar-refractivity contribution in [2.75, 3.05) is 20.2 Å². The highest BCUT2D eigenvalue weighted by atomic mass is 79.9. The van der Waals surface area contributed by atoms with Gasteiger partial charge in [0.25, 0.3) is 0 Å². The molecule has 0 aliphatic heterocycles. The van der Waals surface area contributed by atoms with Crippen LogP contribution in [-0.4, -0.2) is 41.1 Å². The lowest BCUT2D eigenvalue weighted by Gasteiger charge is -2.14. The summed E-state index contributed by atoms with van der Waals surface area (Å²) in [4.78, 5) is 10.4. The topological polar surface area (TPSA) is 38.2 Å². The second kappa shape index (κ2) is 4.90. The van der Waals surface area contributed by atoms with Crippen LogP contribution in [0, 0.1) is 0 Å². The molecule has 0 N–H and O–H groups in total. The first kappa shape index (κ1) is 10.8. The van der Waals surface area contributed by atoms with Gasteiger partial charge in [0.2, 0.25) is 0 Å². The van der Waals surface area contributed by atoms with Gasteiger partial charge in [-0.15, -0.1) is 0 Å². The highest BCUT2D eigenvalue weighted by molar-refractivity contribution is 9.10. The lowest BCUT2D eigenvalue weighted by molar-refractivity contribution is 0.220. The van der Waals surface area contributed by atoms with Crippen LogP contribution in [0.1, 0.15) is 12.8 Å². The van der Waals surface area contributed by atoms with Gasteiger partial charge in [-0.2, -0.15) is 0 Å². The van der Waals surface area contributed by atoms with Crippen molar-refractivity contribution >= 4 is 15.9 Å². The quantitative estimate of drug-likeness (QED) is 0.818. The summed E-state index contributed by atoms with van der Waals surface area (Å²) >= 11 is 3.28. The van der Waals surface area contributed by atoms with Crippen LogP contribution in [0.3, 0.4) is 0 Å². The van der Waals surface area contributed by atoms with Crippen molar-refractivity contribution in [2.45, 2.75) is 18.9 Å². The van der Waals surface area contributed by atoms with Crippen LogP contribution in [-0.2, 0) is 0 Å². The van der Waals surface area contributed by atoms with Crippen molar-refractivity contribution in [3.8, 4) is 6.01 Å². The molecule has 0 bridgehead atoms. The van der Waals surface area contributed by atoms with Gasteiger partial charge in [0.15, 0.2) is 0 Å². The summed E-state index contributed by atoms with van der Waals surface area (Å²) < 4.78 is 6.29. The van der Waals surface area contributed by atoms with E-state index in [1.807, 2.05) is 0 Å². The summed E-state index contributed by atoms with van der Waals surface area (Å²) in [6, 6.07) is 1.22. The molecule has 1 fully saturated rings. The van der Waals surface area contributed by atoms with Crippen molar-refractivity contribution in [1.29, 1.82) is 0 Å². The van der Waals surface area contributed by atoms with Gasteiger partial charge in [-0.1, -0.05) is 0 Å². The molecule has 82 valence electrons. The van der Waals surface area contributed by atoms with Crippen molar-refractivity contribution in [3.63, 3.8) is 0 Å². The number of aromatic nitrogens is 2. The Morgan fingerprint density at radius 2 is 2.13 bits per heavy atom. The van der Waals surface area contributed by atoms with E-state index in [1.165, 1.54) is 12.8 Å². The minimum absolute atomic E-state index is 0.447. The molecule has 0 radical (unpaired) electrons. The molecule has 15 heavy (non-hydrogen) atoms. The molecule has 1 aliphatic rings. The predicted octanol–water partition coefficient (Wildman–Crippen LogP) is 1.71. The van der Waals surface area contributed by atoms with Gasteiger partial charge in [-0.25, -0.2) is 9.97 Å². The summed E-state index contributed by atoms with van der Waals surface area (Å²) in [5.41, 5.74) is 0. The van der Waals surface area contributed by atoms with Gasteiger partial charge in [0, 0.05) is 25.0 Å². The molecule has 1 heterocycles. The number of halogens is 1. The number of rotatable bonds is 5. The van der Waals surface area contributed by atoms with Crippen molar-refractivity contribution in [1.82, 2.24) is 14.9 Å². The molecule has 1 aromatic rings. The Morgan fingerprint density at radius 1 is 1.47 bits per heavy atom. The number of likely N-dealkylation sites (N-methyl/N-ethyl adjacent to an activating group) is 1. The first-order valence-corrected chi connectivity index (χ1v) is 5.85. The molecule has 0 amide bonds. The molecule has 0 saturated heterocycles. The number of nitrogens with zero attached hydrogens (tertiary/aromatic N) is 3. The standard InChI is InChI=1S/C10H14BrN3O/c1-14(9-2-3-9)4-5-15-10-12-6-8(11)7-13-10/h6-7,9H,2-5H2,1H3. The third-order valence-corrected chi connectivity index (χ3v) is 2.85. The molecule has 1 saturated carbocycles. The summed E-state index contributed by atoms with van der Waals surface area (Å²) in [5, 5.41) is 0. The maximum absolute atomic E-state index is 5.42. The average Bonchev–Trinajstić information content (AvgIpc) is 3.04. The fraction of sp³-hybridized carbons (Fsp3) is 0.600. The van der Waals surface area contributed by atoms with E-state index in [0.29, 0.717) is 12.6 Å². The number of hydrogen-bond acceptors (Lipinski definition) is 4. The Labute approximate surface area is 97.8 Å². The number of ether oxygens (including phenoxy) is 1. The zero-order valence-electron chi connectivity index (χ0n) is 8.69. The predicted molar refractivity (Wildman–Crippen MR) is 60.9 cm³/mol. The van der Waals surface area contributed by atoms with E-state index in [4.69, 9.17) is 4.74 Å². The minimum atomic E-state index is 0.447. The van der Waals surface area contributed by atoms with Crippen LogP contribution in [0.5, 0.6) is 6.01 Å². The minimum Gasteiger partial charge on any atom is -0.462 e. The Bertz CT molecular complexity index is 313. The van der Waals surface area contributed by atoms with Crippen LogP contribution in [0.4, 0.5) is 0 Å². The average molecular weight is 272 g/mol. The molecule has 1 aromatic heterocycles. The molecule has 1 aliphatic carbocycles. The fourth-order valence-corrected chi connectivity index (χ4v) is 1.56. The monoisotopic (exact) mass is 271 g/mol. The van der Waals surface area contributed by atoms with Crippen LogP contribution < -0.4 is 4.74 Å². The molecule has 2 rings (SSSR count). The highest BCUT2D eigenvalue weighted by Crippen LogP contribution is 2.24. The second-order valence-corrected chi connectivity index (χ2v) is 4.66. The molecular weight excluding hydrogens is 258 g/mol. The van der Waals surface area contributed by atoms with Gasteiger partial charge in [0.1, 0.15) is 6.61 Å². The molecule has 0 spiro atoms. The Balaban J connectivity index is 1.70. The second-order valence-electron chi connectivity index (χ2n) is 3.74. The van der Waals surface area contributed by atoms with Gasteiger partial charge in [0.05, 0.1) is 4.47 Å². The molecule has 0 aromatic carbocycles. The lowest BCUT2D eigenvalue weighted by Crippen LogP contribution is -2.26. The highest BCUT2D eigenvalue weighted by Gasteiger charge is 2.25. The third-order valence-electron chi connectivity index (χ3n) is 2.44.